The van der Waals surface area contributed by atoms with Crippen LogP contribution < -0.4 is 21.2 Å². The average molecular weight is 955 g/mol. The first-order chi connectivity index (χ1) is 30.9. The first kappa shape index (κ1) is 49.9. The highest BCUT2D eigenvalue weighted by Crippen LogP contribution is 2.37. The van der Waals surface area contributed by atoms with Gasteiger partial charge in [0.1, 0.15) is 24.9 Å². The molecule has 3 unspecified atom stereocenters. The third kappa shape index (κ3) is 12.1. The average Bonchev–Trinajstić information content (AvgIpc) is 3.74. The zero-order valence-corrected chi connectivity index (χ0v) is 40.2. The highest BCUT2D eigenvalue weighted by Gasteiger charge is 2.47. The predicted molar refractivity (Wildman–Crippen MR) is 248 cm³/mol. The molecule has 19 heteroatoms. The molecule has 0 radical (unpaired) electrons. The van der Waals surface area contributed by atoms with Crippen molar-refractivity contribution >= 4 is 55.5 Å². The number of hydrogen-bond acceptors (Lipinski definition) is 12. The number of piperazine rings is 1. The van der Waals surface area contributed by atoms with Gasteiger partial charge in [0.15, 0.2) is 0 Å². The van der Waals surface area contributed by atoms with E-state index in [0.29, 0.717) is 53.9 Å². The van der Waals surface area contributed by atoms with Crippen LogP contribution in [0.2, 0.25) is 0 Å². The summed E-state index contributed by atoms with van der Waals surface area (Å²) in [4.78, 5) is 55.5. The number of sulfonamides is 2. The van der Waals surface area contributed by atoms with Crippen molar-refractivity contribution in [2.24, 2.45) is 17.7 Å². The Hall–Kier alpha value is -4.53. The van der Waals surface area contributed by atoms with Gasteiger partial charge in [0.05, 0.1) is 35.6 Å². The van der Waals surface area contributed by atoms with Crippen LogP contribution in [0.15, 0.2) is 71.6 Å². The zero-order valence-electron chi connectivity index (χ0n) is 37.7. The second-order valence-corrected chi connectivity index (χ2v) is 22.3. The van der Waals surface area contributed by atoms with Crippen molar-refractivity contribution in [3.8, 4) is 5.75 Å². The molecule has 3 amide bonds. The zero-order chi connectivity index (χ0) is 47.1. The van der Waals surface area contributed by atoms with Gasteiger partial charge in [-0.2, -0.15) is 4.31 Å². The van der Waals surface area contributed by atoms with Gasteiger partial charge in [-0.3, -0.25) is 25.0 Å². The van der Waals surface area contributed by atoms with Gasteiger partial charge >= 0.3 is 5.97 Å². The molecule has 4 atom stereocenters. The lowest BCUT2D eigenvalue weighted by molar-refractivity contribution is -0.145. The summed E-state index contributed by atoms with van der Waals surface area (Å²) in [6.45, 7) is 6.37. The normalized spacial score (nSPS) is 21.3. The van der Waals surface area contributed by atoms with E-state index in [1.807, 2.05) is 37.3 Å². The number of aryl methyl sites for hydroxylation is 1. The smallest absolute Gasteiger partial charge is 0.325 e. The third-order valence-electron chi connectivity index (χ3n) is 12.9. The van der Waals surface area contributed by atoms with Gasteiger partial charge < -0.3 is 25.0 Å². The Labute approximate surface area is 387 Å². The topological polar surface area (TPSA) is 215 Å². The number of nitrogens with two attached hydrogens (primary N) is 1. The lowest BCUT2D eigenvalue weighted by atomic mass is 9.85. The van der Waals surface area contributed by atoms with Crippen molar-refractivity contribution in [2.45, 2.75) is 113 Å². The van der Waals surface area contributed by atoms with Crippen LogP contribution in [0.4, 0.5) is 0 Å². The number of carbonyl (C=O) groups excluding carboxylic acids is 4. The van der Waals surface area contributed by atoms with Gasteiger partial charge in [-0.05, 0) is 111 Å². The van der Waals surface area contributed by atoms with Gasteiger partial charge in [0, 0.05) is 18.6 Å². The molecular weight excluding hydrogens is 893 g/mol. The Kier molecular flexibility index (Phi) is 16.8. The minimum Gasteiger partial charge on any atom is -0.496 e. The van der Waals surface area contributed by atoms with Crippen molar-refractivity contribution in [1.82, 2.24) is 24.3 Å². The number of hydrazine groups is 1. The molecule has 3 fully saturated rings. The molecule has 0 aromatic heterocycles. The van der Waals surface area contributed by atoms with E-state index in [9.17, 15) is 36.0 Å². The predicted octanol–water partition coefficient (Wildman–Crippen LogP) is 4.31. The summed E-state index contributed by atoms with van der Waals surface area (Å²) in [5, 5.41) is 4.94. The number of amides is 3. The number of ether oxygens (including phenoxy) is 2. The standard InChI is InChI=1S/C46H62N6O10S3/c1-30-24-40(61-5)31(2)32(3)43(30)65(59,60)52(47)37-18-16-34(17-19-37)22-23-63-46(33(4)44(55)48-25-42(54)62-28-35-12-8-6-9-13-35)49-45(56)39-21-20-38-26-50(27-41(53)51(38)39)64(57,58)29-36-14-10-7-11-15-36/h6-15,24,33-34,37-39,46H,16-23,25-29,47H2,1-5H3,(H,48,55)(H,49,56)/t33?,34?,37?,38?,39-,46?/m0/s1. The third-order valence-corrected chi connectivity index (χ3v) is 18.1. The number of methoxy groups -OCH3 is 1. The molecule has 3 aromatic carbocycles. The summed E-state index contributed by atoms with van der Waals surface area (Å²) in [6.07, 6.45) is 4.07. The van der Waals surface area contributed by atoms with Crippen LogP contribution >= 0.6 is 11.8 Å². The minimum atomic E-state index is -4.00. The highest BCUT2D eigenvalue weighted by molar-refractivity contribution is 7.99. The van der Waals surface area contributed by atoms with E-state index in [2.05, 4.69) is 10.6 Å². The molecule has 1 aliphatic carbocycles. The molecule has 2 aliphatic heterocycles. The monoisotopic (exact) mass is 954 g/mol. The molecule has 2 saturated heterocycles. The van der Waals surface area contributed by atoms with Gasteiger partial charge in [-0.25, -0.2) is 16.8 Å². The van der Waals surface area contributed by atoms with E-state index in [1.165, 1.54) is 21.0 Å². The van der Waals surface area contributed by atoms with Crippen molar-refractivity contribution in [1.29, 1.82) is 0 Å². The summed E-state index contributed by atoms with van der Waals surface area (Å²) in [6, 6.07) is 17.9. The lowest BCUT2D eigenvalue weighted by Gasteiger charge is -2.39. The number of carbonyl (C=O) groups is 4. The fourth-order valence-electron chi connectivity index (χ4n) is 9.09. The molecule has 1 saturated carbocycles. The number of thioether (sulfide) groups is 1. The molecule has 2 heterocycles. The Bertz CT molecular complexity index is 2400. The number of hydrogen-bond donors (Lipinski definition) is 3. The van der Waals surface area contributed by atoms with E-state index >= 15 is 0 Å². The largest absolute Gasteiger partial charge is 0.496 e. The van der Waals surface area contributed by atoms with Crippen LogP contribution in [0.25, 0.3) is 0 Å². The summed E-state index contributed by atoms with van der Waals surface area (Å²) in [7, 11) is -6.25. The first-order valence-electron chi connectivity index (χ1n) is 22.1. The van der Waals surface area contributed by atoms with E-state index < -0.39 is 67.1 Å². The summed E-state index contributed by atoms with van der Waals surface area (Å²) < 4.78 is 67.4. The number of esters is 1. The van der Waals surface area contributed by atoms with Gasteiger partial charge in [-0.15, -0.1) is 16.2 Å². The van der Waals surface area contributed by atoms with Crippen LogP contribution in [-0.4, -0.2) is 110 Å². The van der Waals surface area contributed by atoms with E-state index in [-0.39, 0.29) is 48.8 Å². The molecule has 6 rings (SSSR count). The van der Waals surface area contributed by atoms with Crippen molar-refractivity contribution in [2.75, 3.05) is 32.5 Å². The first-order valence-corrected chi connectivity index (χ1v) is 26.2. The molecular formula is C46H62N6O10S3. The van der Waals surface area contributed by atoms with Crippen LogP contribution in [0, 0.1) is 32.6 Å². The van der Waals surface area contributed by atoms with Crippen molar-refractivity contribution in [3.05, 3.63) is 94.5 Å². The Morgan fingerprint density at radius 2 is 1.55 bits per heavy atom. The minimum absolute atomic E-state index is 0.0523. The number of fused-ring (bicyclic) bond motifs is 1. The van der Waals surface area contributed by atoms with Gasteiger partial charge in [0.25, 0.3) is 10.0 Å². The number of rotatable bonds is 19. The maximum atomic E-state index is 14.1. The van der Waals surface area contributed by atoms with Gasteiger partial charge in [0.2, 0.25) is 27.7 Å². The second kappa shape index (κ2) is 21.8. The Balaban J connectivity index is 1.07. The highest BCUT2D eigenvalue weighted by atomic mass is 32.2. The van der Waals surface area contributed by atoms with Crippen molar-refractivity contribution < 1.29 is 45.5 Å². The molecule has 3 aliphatic rings. The van der Waals surface area contributed by atoms with Gasteiger partial charge in [-0.1, -0.05) is 67.6 Å². The quantitative estimate of drug-likeness (QED) is 0.0664. The summed E-state index contributed by atoms with van der Waals surface area (Å²) >= 11 is 1.39. The fourth-order valence-corrected chi connectivity index (χ4v) is 13.8. The van der Waals surface area contributed by atoms with Crippen molar-refractivity contribution in [3.63, 3.8) is 0 Å². The summed E-state index contributed by atoms with van der Waals surface area (Å²) in [5.74, 6) is 4.77. The number of nitrogens with one attached hydrogen (secondary N) is 2. The van der Waals surface area contributed by atoms with Crippen LogP contribution in [0.1, 0.15) is 79.7 Å². The van der Waals surface area contributed by atoms with E-state index in [0.717, 1.165) is 34.8 Å². The second-order valence-electron chi connectivity index (χ2n) is 17.3. The fraction of sp³-hybridized carbons (Fsp3) is 0.522. The number of benzene rings is 3. The van der Waals surface area contributed by atoms with E-state index in [1.54, 1.807) is 64.3 Å². The Morgan fingerprint density at radius 3 is 2.20 bits per heavy atom. The SMILES string of the molecule is COc1cc(C)c(S(=O)(=O)N(N)C2CCC(CCSC(NC(=O)[C@@H]3CCC4CN(S(=O)(=O)Cc5ccccc5)CC(=O)N43)C(C)C(=O)NCC(=O)OCc3ccccc3)CC2)c(C)c1C. The van der Waals surface area contributed by atoms with E-state index in [4.69, 9.17) is 15.3 Å². The Morgan fingerprint density at radius 1 is 0.908 bits per heavy atom. The summed E-state index contributed by atoms with van der Waals surface area (Å²) in [5.41, 5.74) is 3.31. The maximum Gasteiger partial charge on any atom is 0.325 e. The molecule has 16 nitrogen and oxygen atoms in total. The molecule has 3 aromatic rings. The van der Waals surface area contributed by atoms with Crippen LogP contribution in [0.3, 0.4) is 0 Å². The molecule has 0 spiro atoms. The molecule has 354 valence electrons. The van der Waals surface area contributed by atoms with Crippen LogP contribution in [-0.2, 0) is 56.3 Å². The number of nitrogens with zero attached hydrogens (tertiary/aromatic N) is 3. The molecule has 0 bridgehead atoms. The molecule has 65 heavy (non-hydrogen) atoms. The molecule has 4 N–H and O–H groups in total. The maximum absolute atomic E-state index is 14.1. The van der Waals surface area contributed by atoms with Crippen LogP contribution in [0.5, 0.6) is 5.75 Å². The lowest BCUT2D eigenvalue weighted by Crippen LogP contribution is -2.60.